The molecule has 0 spiro atoms. The fraction of sp³-hybridized carbons (Fsp3) is 0.296. The first-order valence-electron chi connectivity index (χ1n) is 12.3. The van der Waals surface area contributed by atoms with E-state index in [1.165, 1.54) is 23.9 Å². The molecule has 3 aromatic rings. The molecule has 0 fully saturated rings. The maximum atomic E-state index is 13.4. The zero-order chi connectivity index (χ0) is 28.5. The minimum Gasteiger partial charge on any atom is -0.399 e. The van der Waals surface area contributed by atoms with E-state index < -0.39 is 11.5 Å². The number of nitrogens with two attached hydrogens (primary N) is 2. The summed E-state index contributed by atoms with van der Waals surface area (Å²) in [6.07, 6.45) is 1.47. The highest BCUT2D eigenvalue weighted by atomic mass is 16.5. The van der Waals surface area contributed by atoms with Crippen LogP contribution in [-0.4, -0.2) is 53.5 Å². The number of methoxy groups -OCH3 is 1. The third-order valence-electron chi connectivity index (χ3n) is 5.64. The van der Waals surface area contributed by atoms with Crippen molar-refractivity contribution in [3.63, 3.8) is 0 Å². The lowest BCUT2D eigenvalue weighted by molar-refractivity contribution is -0.121. The molecular weight excluding hydrogens is 500 g/mol. The Morgan fingerprint density at radius 3 is 2.46 bits per heavy atom. The lowest BCUT2D eigenvalue weighted by atomic mass is 10.1. The molecule has 2 amide bonds. The molecule has 1 heterocycles. The Kier molecular flexibility index (Phi) is 9.76. The number of nitrogen functional groups attached to an aromatic ring is 2. The Morgan fingerprint density at radius 1 is 1.10 bits per heavy atom. The van der Waals surface area contributed by atoms with Crippen molar-refractivity contribution in [3.05, 3.63) is 75.7 Å². The number of hydrogen-bond acceptors (Lipinski definition) is 8. The summed E-state index contributed by atoms with van der Waals surface area (Å²) in [5.74, 6) is -0.702. The molecule has 0 aliphatic rings. The summed E-state index contributed by atoms with van der Waals surface area (Å²) in [6, 6.07) is 11.6. The van der Waals surface area contributed by atoms with Gasteiger partial charge in [-0.05, 0) is 37.6 Å². The number of anilines is 2. The van der Waals surface area contributed by atoms with Gasteiger partial charge < -0.3 is 32.2 Å². The minimum atomic E-state index is -0.490. The Morgan fingerprint density at radius 2 is 1.82 bits per heavy atom. The molecular formula is C27H34N8O4. The number of aromatic nitrogens is 2. The highest BCUT2D eigenvalue weighted by molar-refractivity contribution is 5.96. The van der Waals surface area contributed by atoms with Crippen molar-refractivity contribution < 1.29 is 14.3 Å². The first kappa shape index (κ1) is 28.9. The van der Waals surface area contributed by atoms with Crippen LogP contribution in [0.15, 0.2) is 53.5 Å². The molecule has 1 aromatic heterocycles. The average molecular weight is 535 g/mol. The molecule has 0 unspecified atom stereocenters. The van der Waals surface area contributed by atoms with Gasteiger partial charge in [-0.15, -0.1) is 0 Å². The Labute approximate surface area is 226 Å². The van der Waals surface area contributed by atoms with Gasteiger partial charge in [0, 0.05) is 48.6 Å². The number of ether oxygens (including phenoxy) is 1. The second-order valence-electron chi connectivity index (χ2n) is 9.16. The molecule has 8 N–H and O–H groups in total. The van der Waals surface area contributed by atoms with E-state index in [1.54, 1.807) is 36.4 Å². The summed E-state index contributed by atoms with van der Waals surface area (Å²) in [4.78, 5) is 43.3. The van der Waals surface area contributed by atoms with Gasteiger partial charge in [0.1, 0.15) is 12.4 Å². The highest BCUT2D eigenvalue weighted by Crippen LogP contribution is 2.23. The van der Waals surface area contributed by atoms with E-state index in [2.05, 4.69) is 20.9 Å². The number of nitrogens with one attached hydrogen (secondary N) is 4. The topological polar surface area (TPSA) is 190 Å². The molecule has 0 aliphatic heterocycles. The smallest absolute Gasteiger partial charge is 0.294 e. The fourth-order valence-electron chi connectivity index (χ4n) is 3.75. The van der Waals surface area contributed by atoms with Crippen LogP contribution < -0.4 is 33.0 Å². The Balaban J connectivity index is 1.91. The average Bonchev–Trinajstić information content (AvgIpc) is 2.89. The molecule has 3 rings (SSSR count). The van der Waals surface area contributed by atoms with E-state index >= 15 is 0 Å². The number of nitrogens with zero attached hydrogens (tertiary/aromatic N) is 2. The quantitative estimate of drug-likeness (QED) is 0.0866. The third-order valence-corrected chi connectivity index (χ3v) is 5.64. The molecule has 0 radical (unpaired) electrons. The number of carbonyl (C=O) groups excluding carboxylic acids is 2. The van der Waals surface area contributed by atoms with Crippen LogP contribution in [0.5, 0.6) is 0 Å². The van der Waals surface area contributed by atoms with Crippen LogP contribution >= 0.6 is 0 Å². The maximum Gasteiger partial charge on any atom is 0.294 e. The van der Waals surface area contributed by atoms with Crippen LogP contribution in [0.25, 0.3) is 11.3 Å². The predicted octanol–water partition coefficient (Wildman–Crippen LogP) is 1.29. The zero-order valence-electron chi connectivity index (χ0n) is 22.2. The standard InChI is InChI=1S/C27H34N8O4/c1-16(2)34-25-27(38)35(15-23(36)32-13-17-4-6-18(7-5-17)24(29)30)22(14-33-25)19-10-20(12-21(28)11-19)26(37)31-8-9-39-3/h4-7,10-12,14,16H,8-9,13,15,28H2,1-3H3,(H3,29,30)(H,31,37)(H,32,36)(H,33,34). The number of amides is 2. The van der Waals surface area contributed by atoms with Gasteiger partial charge in [0.05, 0.1) is 18.5 Å². The van der Waals surface area contributed by atoms with Gasteiger partial charge in [0.15, 0.2) is 5.82 Å². The molecule has 0 saturated heterocycles. The second kappa shape index (κ2) is 13.2. The van der Waals surface area contributed by atoms with Crippen LogP contribution in [-0.2, 0) is 22.6 Å². The van der Waals surface area contributed by atoms with E-state index in [9.17, 15) is 14.4 Å². The van der Waals surface area contributed by atoms with Crippen molar-refractivity contribution in [1.82, 2.24) is 20.2 Å². The summed E-state index contributed by atoms with van der Waals surface area (Å²) in [5.41, 5.74) is 13.9. The van der Waals surface area contributed by atoms with E-state index in [4.69, 9.17) is 21.6 Å². The van der Waals surface area contributed by atoms with Crippen molar-refractivity contribution in [3.8, 4) is 11.3 Å². The zero-order valence-corrected chi connectivity index (χ0v) is 22.2. The lowest BCUT2D eigenvalue weighted by Crippen LogP contribution is -2.35. The van der Waals surface area contributed by atoms with Gasteiger partial charge in [0.2, 0.25) is 5.91 Å². The molecule has 206 valence electrons. The normalized spacial score (nSPS) is 10.8. The van der Waals surface area contributed by atoms with Gasteiger partial charge in [-0.25, -0.2) is 4.98 Å². The van der Waals surface area contributed by atoms with Crippen LogP contribution in [0, 0.1) is 5.41 Å². The number of carbonyl (C=O) groups is 2. The van der Waals surface area contributed by atoms with Crippen molar-refractivity contribution >= 4 is 29.2 Å². The largest absolute Gasteiger partial charge is 0.399 e. The van der Waals surface area contributed by atoms with E-state index in [-0.39, 0.29) is 36.7 Å². The Bertz CT molecular complexity index is 1400. The molecule has 39 heavy (non-hydrogen) atoms. The summed E-state index contributed by atoms with van der Waals surface area (Å²) < 4.78 is 6.27. The predicted molar refractivity (Wildman–Crippen MR) is 151 cm³/mol. The Hall–Kier alpha value is -4.71. The minimum absolute atomic E-state index is 0.0434. The van der Waals surface area contributed by atoms with Gasteiger partial charge >= 0.3 is 0 Å². The number of hydrogen-bond donors (Lipinski definition) is 6. The first-order valence-corrected chi connectivity index (χ1v) is 12.3. The van der Waals surface area contributed by atoms with Crippen molar-refractivity contribution in [2.24, 2.45) is 5.73 Å². The van der Waals surface area contributed by atoms with Crippen LogP contribution in [0.1, 0.15) is 35.3 Å². The molecule has 0 atom stereocenters. The lowest BCUT2D eigenvalue weighted by Gasteiger charge is -2.17. The first-order chi connectivity index (χ1) is 18.6. The fourth-order valence-corrected chi connectivity index (χ4v) is 3.75. The van der Waals surface area contributed by atoms with Crippen LogP contribution in [0.2, 0.25) is 0 Å². The van der Waals surface area contributed by atoms with Crippen molar-refractivity contribution in [1.29, 1.82) is 5.41 Å². The summed E-state index contributed by atoms with van der Waals surface area (Å²) in [5, 5.41) is 16.0. The molecule has 2 aromatic carbocycles. The van der Waals surface area contributed by atoms with Gasteiger partial charge in [0.25, 0.3) is 11.5 Å². The van der Waals surface area contributed by atoms with Gasteiger partial charge in [-0.3, -0.25) is 24.4 Å². The van der Waals surface area contributed by atoms with E-state index in [0.29, 0.717) is 41.2 Å². The summed E-state index contributed by atoms with van der Waals surface area (Å²) in [7, 11) is 1.54. The molecule has 0 aliphatic carbocycles. The van der Waals surface area contributed by atoms with Crippen molar-refractivity contribution in [2.75, 3.05) is 31.3 Å². The van der Waals surface area contributed by atoms with Gasteiger partial charge in [-0.2, -0.15) is 0 Å². The van der Waals surface area contributed by atoms with E-state index in [0.717, 1.165) is 5.56 Å². The van der Waals surface area contributed by atoms with Crippen LogP contribution in [0.3, 0.4) is 0 Å². The maximum absolute atomic E-state index is 13.4. The molecule has 0 bridgehead atoms. The number of benzene rings is 2. The van der Waals surface area contributed by atoms with Crippen LogP contribution in [0.4, 0.5) is 11.5 Å². The van der Waals surface area contributed by atoms with Gasteiger partial charge in [-0.1, -0.05) is 24.3 Å². The van der Waals surface area contributed by atoms with Crippen molar-refractivity contribution in [2.45, 2.75) is 33.0 Å². The molecule has 12 nitrogen and oxygen atoms in total. The summed E-state index contributed by atoms with van der Waals surface area (Å²) in [6.45, 7) is 4.34. The number of rotatable bonds is 12. The SMILES string of the molecule is COCCNC(=O)c1cc(N)cc(-c2cnc(NC(C)C)c(=O)n2CC(=O)NCc2ccc(C(=N)N)cc2)c1. The third kappa shape index (κ3) is 7.89. The summed E-state index contributed by atoms with van der Waals surface area (Å²) >= 11 is 0. The monoisotopic (exact) mass is 534 g/mol. The van der Waals surface area contributed by atoms with E-state index in [1.807, 2.05) is 13.8 Å². The number of amidine groups is 1. The molecule has 0 saturated carbocycles. The highest BCUT2D eigenvalue weighted by Gasteiger charge is 2.17. The molecule has 12 heteroatoms. The second-order valence-corrected chi connectivity index (χ2v) is 9.16.